The third-order valence-corrected chi connectivity index (χ3v) is 0.483. The Morgan fingerprint density at radius 3 is 2.20 bits per heavy atom. The molecule has 0 fully saturated rings. The maximum Gasteiger partial charge on any atom is -0.0238 e. The molecule has 0 rings (SSSR count). The Hall–Kier alpha value is 0.310. The third kappa shape index (κ3) is 4.31. The van der Waals surface area contributed by atoms with Gasteiger partial charge in [0.05, 0.1) is 0 Å². The minimum Gasteiger partial charge on any atom is -0.332 e. The predicted molar refractivity (Wildman–Crippen MR) is 27.2 cm³/mol. The van der Waals surface area contributed by atoms with E-state index < -0.39 is 0 Å². The summed E-state index contributed by atoms with van der Waals surface area (Å²) in [5.41, 5.74) is 5.03. The summed E-state index contributed by atoms with van der Waals surface area (Å²) in [5, 5.41) is 0.106. The van der Waals surface area contributed by atoms with Crippen LogP contribution in [0.4, 0.5) is 0 Å². The average molecular weight is 90.2 g/mol. The highest BCUT2D eigenvalue weighted by molar-refractivity contribution is 7.81. The standard InChI is InChI=1S/C3H8NS/c1-3(5)2-4/h3,5H,1-2,4H2/q-1/t3-/m0/s1. The SMILES string of the molecule is [CH2-][C@H](S)CN. The molecule has 32 valence electrons. The summed E-state index contributed by atoms with van der Waals surface area (Å²) in [4.78, 5) is 0. The van der Waals surface area contributed by atoms with Gasteiger partial charge in [-0.25, -0.2) is 12.6 Å². The third-order valence-electron chi connectivity index (χ3n) is 0.272. The summed E-state index contributed by atoms with van der Waals surface area (Å²) in [6.07, 6.45) is 0. The first-order valence-electron chi connectivity index (χ1n) is 1.48. The van der Waals surface area contributed by atoms with Crippen LogP contribution in [0.5, 0.6) is 0 Å². The molecule has 0 bridgehead atoms. The first-order valence-corrected chi connectivity index (χ1v) is 2.00. The van der Waals surface area contributed by atoms with Crippen molar-refractivity contribution in [3.8, 4) is 0 Å². The molecule has 0 saturated carbocycles. The molecular weight excluding hydrogens is 82.1 g/mol. The molecule has 0 radical (unpaired) electrons. The van der Waals surface area contributed by atoms with Crippen LogP contribution in [0.25, 0.3) is 0 Å². The number of hydrogen-bond donors (Lipinski definition) is 2. The van der Waals surface area contributed by atoms with E-state index >= 15 is 0 Å². The summed E-state index contributed by atoms with van der Waals surface area (Å²) < 4.78 is 0. The topological polar surface area (TPSA) is 26.0 Å². The summed E-state index contributed by atoms with van der Waals surface area (Å²) in [6, 6.07) is 0. The maximum absolute atomic E-state index is 5.03. The van der Waals surface area contributed by atoms with Gasteiger partial charge in [0.25, 0.3) is 0 Å². The van der Waals surface area contributed by atoms with Gasteiger partial charge >= 0.3 is 0 Å². The number of thiol groups is 1. The minimum absolute atomic E-state index is 0.106. The smallest absolute Gasteiger partial charge is 0.0238 e. The molecule has 1 atom stereocenters. The van der Waals surface area contributed by atoms with Crippen molar-refractivity contribution in [2.75, 3.05) is 6.54 Å². The van der Waals surface area contributed by atoms with E-state index in [-0.39, 0.29) is 5.25 Å². The molecule has 0 amide bonds. The summed E-state index contributed by atoms with van der Waals surface area (Å²) >= 11 is 3.86. The van der Waals surface area contributed by atoms with Crippen molar-refractivity contribution >= 4 is 12.6 Å². The second kappa shape index (κ2) is 2.54. The minimum atomic E-state index is 0.106. The molecule has 0 aromatic heterocycles. The molecule has 5 heavy (non-hydrogen) atoms. The molecule has 0 heterocycles. The Morgan fingerprint density at radius 2 is 2.20 bits per heavy atom. The summed E-state index contributed by atoms with van der Waals surface area (Å²) in [7, 11) is 0. The highest BCUT2D eigenvalue weighted by atomic mass is 32.1. The molecule has 0 aliphatic heterocycles. The molecule has 0 unspecified atom stereocenters. The first-order chi connectivity index (χ1) is 2.27. The van der Waals surface area contributed by atoms with Crippen molar-refractivity contribution in [1.29, 1.82) is 0 Å². The van der Waals surface area contributed by atoms with E-state index in [0.29, 0.717) is 6.54 Å². The van der Waals surface area contributed by atoms with Gasteiger partial charge in [-0.05, 0) is 6.54 Å². The summed E-state index contributed by atoms with van der Waals surface area (Å²) in [5.74, 6) is 0. The fraction of sp³-hybridized carbons (Fsp3) is 0.667. The van der Waals surface area contributed by atoms with Gasteiger partial charge in [0.15, 0.2) is 0 Å². The van der Waals surface area contributed by atoms with Gasteiger partial charge in [0.1, 0.15) is 0 Å². The van der Waals surface area contributed by atoms with Crippen molar-refractivity contribution in [2.45, 2.75) is 5.25 Å². The fourth-order valence-corrected chi connectivity index (χ4v) is 0. The van der Waals surface area contributed by atoms with Crippen LogP contribution in [-0.2, 0) is 0 Å². The fourth-order valence-electron chi connectivity index (χ4n) is 0. The van der Waals surface area contributed by atoms with Gasteiger partial charge in [-0.1, -0.05) is 0 Å². The van der Waals surface area contributed by atoms with Crippen LogP contribution in [0, 0.1) is 6.92 Å². The van der Waals surface area contributed by atoms with E-state index in [1.165, 1.54) is 0 Å². The number of hydrogen-bond acceptors (Lipinski definition) is 2. The van der Waals surface area contributed by atoms with Crippen LogP contribution >= 0.6 is 12.6 Å². The summed E-state index contributed by atoms with van der Waals surface area (Å²) in [6.45, 7) is 4.05. The highest BCUT2D eigenvalue weighted by Gasteiger charge is 1.71. The Labute approximate surface area is 38.0 Å². The lowest BCUT2D eigenvalue weighted by Crippen LogP contribution is -2.09. The van der Waals surface area contributed by atoms with E-state index in [2.05, 4.69) is 19.6 Å². The van der Waals surface area contributed by atoms with Gasteiger partial charge < -0.3 is 12.7 Å². The molecule has 0 saturated heterocycles. The normalized spacial score (nSPS) is 15.0. The van der Waals surface area contributed by atoms with E-state index in [1.54, 1.807) is 0 Å². The van der Waals surface area contributed by atoms with Crippen LogP contribution in [0.3, 0.4) is 0 Å². The highest BCUT2D eigenvalue weighted by Crippen LogP contribution is 1.82. The maximum atomic E-state index is 5.03. The second-order valence-corrected chi connectivity index (χ2v) is 1.62. The monoisotopic (exact) mass is 90.0 g/mol. The molecule has 0 aliphatic rings. The number of rotatable bonds is 1. The molecule has 1 nitrogen and oxygen atoms in total. The van der Waals surface area contributed by atoms with Crippen molar-refractivity contribution in [1.82, 2.24) is 0 Å². The lowest BCUT2D eigenvalue weighted by molar-refractivity contribution is 1.03. The lowest BCUT2D eigenvalue weighted by atomic mass is 10.5. The molecule has 0 spiro atoms. The largest absolute Gasteiger partial charge is 0.332 e. The van der Waals surface area contributed by atoms with Crippen LogP contribution in [0.2, 0.25) is 0 Å². The Balaban J connectivity index is 2.54. The van der Waals surface area contributed by atoms with E-state index in [1.807, 2.05) is 0 Å². The molecule has 0 aliphatic carbocycles. The average Bonchev–Trinajstić information content (AvgIpc) is 1.38. The zero-order valence-corrected chi connectivity index (χ0v) is 3.91. The molecular formula is C3H8NS-. The van der Waals surface area contributed by atoms with Gasteiger partial charge in [-0.15, -0.1) is 5.25 Å². The molecule has 0 aromatic rings. The van der Waals surface area contributed by atoms with Gasteiger partial charge in [0.2, 0.25) is 0 Å². The van der Waals surface area contributed by atoms with Crippen LogP contribution in [-0.4, -0.2) is 11.8 Å². The van der Waals surface area contributed by atoms with Crippen molar-refractivity contribution in [2.24, 2.45) is 5.73 Å². The Bertz CT molecular complexity index is 20.9. The van der Waals surface area contributed by atoms with E-state index in [4.69, 9.17) is 5.73 Å². The Morgan fingerprint density at radius 1 is 2.00 bits per heavy atom. The van der Waals surface area contributed by atoms with E-state index in [0.717, 1.165) is 0 Å². The van der Waals surface area contributed by atoms with E-state index in [9.17, 15) is 0 Å². The van der Waals surface area contributed by atoms with Gasteiger partial charge in [0, 0.05) is 0 Å². The predicted octanol–water partition coefficient (Wildman–Crippen LogP) is 0.0776. The lowest BCUT2D eigenvalue weighted by Gasteiger charge is -2.00. The van der Waals surface area contributed by atoms with Crippen LogP contribution < -0.4 is 5.73 Å². The van der Waals surface area contributed by atoms with Gasteiger partial charge in [-0.2, -0.15) is 0 Å². The molecule has 2 N–H and O–H groups in total. The Kier molecular flexibility index (Phi) is 2.70. The first kappa shape index (κ1) is 5.31. The zero-order valence-electron chi connectivity index (χ0n) is 3.02. The molecule has 2 heteroatoms. The van der Waals surface area contributed by atoms with Crippen molar-refractivity contribution in [3.63, 3.8) is 0 Å². The van der Waals surface area contributed by atoms with Gasteiger partial charge in [-0.3, -0.25) is 0 Å². The van der Waals surface area contributed by atoms with Crippen LogP contribution in [0.1, 0.15) is 0 Å². The van der Waals surface area contributed by atoms with Crippen molar-refractivity contribution < 1.29 is 0 Å². The molecule has 0 aromatic carbocycles. The zero-order chi connectivity index (χ0) is 4.28. The quantitative estimate of drug-likeness (QED) is 0.346. The second-order valence-electron chi connectivity index (χ2n) is 0.890. The number of nitrogens with two attached hydrogens (primary N) is 1. The van der Waals surface area contributed by atoms with Crippen LogP contribution in [0.15, 0.2) is 0 Å². The van der Waals surface area contributed by atoms with Crippen molar-refractivity contribution in [3.05, 3.63) is 6.92 Å².